The van der Waals surface area contributed by atoms with E-state index in [2.05, 4.69) is 5.32 Å². The van der Waals surface area contributed by atoms with Crippen LogP contribution in [0, 0.1) is 6.92 Å². The molecule has 1 amide bonds. The number of rotatable bonds is 8. The number of aryl methyl sites for hydroxylation is 1. The molecule has 0 heterocycles. The highest BCUT2D eigenvalue weighted by Gasteiger charge is 2.20. The number of hydrogen-bond donors (Lipinski definition) is 2. The summed E-state index contributed by atoms with van der Waals surface area (Å²) in [6.07, 6.45) is 0. The van der Waals surface area contributed by atoms with Crippen molar-refractivity contribution in [2.75, 3.05) is 26.6 Å². The summed E-state index contributed by atoms with van der Waals surface area (Å²) >= 11 is 0. The van der Waals surface area contributed by atoms with Crippen LogP contribution in [0.5, 0.6) is 11.5 Å². The topological polar surface area (TPSA) is 111 Å². The van der Waals surface area contributed by atoms with Crippen LogP contribution in [0.25, 0.3) is 0 Å². The van der Waals surface area contributed by atoms with Gasteiger partial charge in [0.1, 0.15) is 0 Å². The average molecular weight is 422 g/mol. The van der Waals surface area contributed by atoms with Gasteiger partial charge in [-0.15, -0.1) is 0 Å². The molecule has 2 rings (SSSR count). The van der Waals surface area contributed by atoms with Gasteiger partial charge < -0.3 is 14.8 Å². The zero-order valence-corrected chi connectivity index (χ0v) is 18.0. The number of nitrogens with zero attached hydrogens (tertiary/aromatic N) is 1. The number of sulfonamides is 1. The highest BCUT2D eigenvalue weighted by molar-refractivity contribution is 7.89. The van der Waals surface area contributed by atoms with Gasteiger partial charge in [-0.25, -0.2) is 13.6 Å². The lowest BCUT2D eigenvalue weighted by Gasteiger charge is -2.25. The second-order valence-electron chi connectivity index (χ2n) is 6.78. The molecule has 0 aromatic heterocycles. The summed E-state index contributed by atoms with van der Waals surface area (Å²) < 4.78 is 33.3. The van der Waals surface area contributed by atoms with E-state index in [1.165, 1.54) is 24.3 Å². The van der Waals surface area contributed by atoms with Crippen LogP contribution in [0.15, 0.2) is 41.3 Å². The lowest BCUT2D eigenvalue weighted by atomic mass is 10.1. The molecule has 0 aliphatic heterocycles. The molecule has 2 aromatic rings. The predicted octanol–water partition coefficient (Wildman–Crippen LogP) is 2.12. The number of methoxy groups -OCH3 is 2. The number of nitrogens with two attached hydrogens (primary N) is 1. The molecule has 0 saturated heterocycles. The second kappa shape index (κ2) is 9.25. The fourth-order valence-electron chi connectivity index (χ4n) is 2.77. The lowest BCUT2D eigenvalue weighted by molar-refractivity contribution is -0.120. The number of amides is 1. The van der Waals surface area contributed by atoms with Crippen molar-refractivity contribution < 1.29 is 22.7 Å². The molecule has 9 heteroatoms. The van der Waals surface area contributed by atoms with Crippen molar-refractivity contribution in [3.8, 4) is 11.5 Å². The normalized spacial score (nSPS) is 12.5. The Morgan fingerprint density at radius 1 is 1.14 bits per heavy atom. The molecule has 0 unspecified atom stereocenters. The average Bonchev–Trinajstić information content (AvgIpc) is 2.68. The minimum Gasteiger partial charge on any atom is -0.493 e. The molecular weight excluding hydrogens is 394 g/mol. The van der Waals surface area contributed by atoms with Crippen LogP contribution < -0.4 is 19.9 Å². The van der Waals surface area contributed by atoms with Crippen molar-refractivity contribution in [2.24, 2.45) is 5.14 Å². The molecule has 0 bridgehead atoms. The Balaban J connectivity index is 2.08. The maximum atomic E-state index is 12.6. The highest BCUT2D eigenvalue weighted by atomic mass is 32.2. The van der Waals surface area contributed by atoms with Crippen molar-refractivity contribution in [2.45, 2.75) is 31.3 Å². The zero-order valence-electron chi connectivity index (χ0n) is 17.2. The highest BCUT2D eigenvalue weighted by Crippen LogP contribution is 2.31. The smallest absolute Gasteiger partial charge is 0.241 e. The standard InChI is InChI=1S/C20H27N3O5S/c1-13-10-18(27-4)19(28-5)11-15(13)12-23(3)14(2)20(24)22-16-6-8-17(9-7-16)29(21,25)26/h6-11,14H,12H2,1-5H3,(H,22,24)(H2,21,25,26)/t14-/m1/s1. The van der Waals surface area contributed by atoms with Crippen LogP contribution in [0.2, 0.25) is 0 Å². The Labute approximate surface area is 171 Å². The Hall–Kier alpha value is -2.62. The van der Waals surface area contributed by atoms with Crippen molar-refractivity contribution in [3.63, 3.8) is 0 Å². The van der Waals surface area contributed by atoms with E-state index < -0.39 is 16.1 Å². The first-order valence-corrected chi connectivity index (χ1v) is 10.5. The maximum Gasteiger partial charge on any atom is 0.241 e. The molecule has 158 valence electrons. The number of likely N-dealkylation sites (N-methyl/N-ethyl adjacent to an activating group) is 1. The number of carbonyl (C=O) groups is 1. The molecule has 0 fully saturated rings. The van der Waals surface area contributed by atoms with E-state index >= 15 is 0 Å². The summed E-state index contributed by atoms with van der Waals surface area (Å²) in [7, 11) is 1.25. The number of primary sulfonamides is 1. The van der Waals surface area contributed by atoms with Gasteiger partial charge in [-0.2, -0.15) is 0 Å². The lowest BCUT2D eigenvalue weighted by Crippen LogP contribution is -2.39. The fraction of sp³-hybridized carbons (Fsp3) is 0.350. The summed E-state index contributed by atoms with van der Waals surface area (Å²) in [5.41, 5.74) is 2.54. The molecule has 0 radical (unpaired) electrons. The molecule has 2 aromatic carbocycles. The molecule has 1 atom stereocenters. The molecule has 8 nitrogen and oxygen atoms in total. The number of anilines is 1. The minimum absolute atomic E-state index is 0.00964. The molecule has 0 spiro atoms. The SMILES string of the molecule is COc1cc(C)c(CN(C)[C@H](C)C(=O)Nc2ccc(S(N)(=O)=O)cc2)cc1OC. The van der Waals surface area contributed by atoms with Crippen LogP contribution in [0.4, 0.5) is 5.69 Å². The monoisotopic (exact) mass is 421 g/mol. The largest absolute Gasteiger partial charge is 0.493 e. The van der Waals surface area contributed by atoms with Gasteiger partial charge >= 0.3 is 0 Å². The number of benzene rings is 2. The summed E-state index contributed by atoms with van der Waals surface area (Å²) in [6.45, 7) is 4.30. The Bertz CT molecular complexity index is 974. The number of hydrogen-bond acceptors (Lipinski definition) is 6. The molecule has 29 heavy (non-hydrogen) atoms. The third-order valence-corrected chi connectivity index (χ3v) is 5.68. The molecule has 0 aliphatic carbocycles. The van der Waals surface area contributed by atoms with Crippen molar-refractivity contribution >= 4 is 21.6 Å². The van der Waals surface area contributed by atoms with Gasteiger partial charge in [-0.3, -0.25) is 9.69 Å². The third kappa shape index (κ3) is 5.69. The van der Waals surface area contributed by atoms with Gasteiger partial charge in [-0.1, -0.05) is 0 Å². The summed E-state index contributed by atoms with van der Waals surface area (Å²) in [6, 6.07) is 9.09. The van der Waals surface area contributed by atoms with E-state index in [1.807, 2.05) is 31.0 Å². The Morgan fingerprint density at radius 2 is 1.69 bits per heavy atom. The fourth-order valence-corrected chi connectivity index (χ4v) is 3.29. The van der Waals surface area contributed by atoms with E-state index in [0.29, 0.717) is 23.7 Å². The van der Waals surface area contributed by atoms with Gasteiger partial charge in [0.25, 0.3) is 0 Å². The van der Waals surface area contributed by atoms with E-state index in [1.54, 1.807) is 21.1 Å². The van der Waals surface area contributed by atoms with Gasteiger partial charge in [0.05, 0.1) is 25.2 Å². The van der Waals surface area contributed by atoms with Gasteiger partial charge in [0.2, 0.25) is 15.9 Å². The van der Waals surface area contributed by atoms with E-state index in [4.69, 9.17) is 14.6 Å². The first-order valence-electron chi connectivity index (χ1n) is 8.92. The van der Waals surface area contributed by atoms with Crippen molar-refractivity contribution in [3.05, 3.63) is 47.5 Å². The number of carbonyl (C=O) groups excluding carboxylic acids is 1. The van der Waals surface area contributed by atoms with Crippen molar-refractivity contribution in [1.29, 1.82) is 0 Å². The van der Waals surface area contributed by atoms with Crippen LogP contribution >= 0.6 is 0 Å². The summed E-state index contributed by atoms with van der Waals surface area (Å²) in [4.78, 5) is 14.5. The Kier molecular flexibility index (Phi) is 7.23. The summed E-state index contributed by atoms with van der Waals surface area (Å²) in [5, 5.41) is 7.86. The number of nitrogens with one attached hydrogen (secondary N) is 1. The number of ether oxygens (including phenoxy) is 2. The molecular formula is C20H27N3O5S. The molecule has 3 N–H and O–H groups in total. The van der Waals surface area contributed by atoms with Crippen LogP contribution in [-0.2, 0) is 21.4 Å². The zero-order chi connectivity index (χ0) is 21.8. The minimum atomic E-state index is -3.77. The third-order valence-electron chi connectivity index (χ3n) is 4.75. The second-order valence-corrected chi connectivity index (χ2v) is 8.34. The van der Waals surface area contributed by atoms with E-state index in [0.717, 1.165) is 11.1 Å². The van der Waals surface area contributed by atoms with Gasteiger partial charge in [0, 0.05) is 12.2 Å². The predicted molar refractivity (Wildman–Crippen MR) is 112 cm³/mol. The summed E-state index contributed by atoms with van der Waals surface area (Å²) in [5.74, 6) is 1.08. The van der Waals surface area contributed by atoms with Crippen LogP contribution in [0.1, 0.15) is 18.1 Å². The first kappa shape index (κ1) is 22.7. The van der Waals surface area contributed by atoms with E-state index in [9.17, 15) is 13.2 Å². The Morgan fingerprint density at radius 3 is 2.21 bits per heavy atom. The molecule has 0 aliphatic rings. The first-order chi connectivity index (χ1) is 13.6. The van der Waals surface area contributed by atoms with E-state index in [-0.39, 0.29) is 10.8 Å². The molecule has 0 saturated carbocycles. The van der Waals surface area contributed by atoms with Gasteiger partial charge in [0.15, 0.2) is 11.5 Å². The van der Waals surface area contributed by atoms with Crippen LogP contribution in [-0.4, -0.2) is 46.5 Å². The van der Waals surface area contributed by atoms with Gasteiger partial charge in [-0.05, 0) is 68.4 Å². The van der Waals surface area contributed by atoms with Crippen LogP contribution in [0.3, 0.4) is 0 Å². The van der Waals surface area contributed by atoms with Crippen molar-refractivity contribution in [1.82, 2.24) is 4.90 Å². The maximum absolute atomic E-state index is 12.6. The quantitative estimate of drug-likeness (QED) is 0.675.